The molecule has 2 atom stereocenters. The summed E-state index contributed by atoms with van der Waals surface area (Å²) >= 11 is 0. The second-order valence-electron chi connectivity index (χ2n) is 5.70. The predicted octanol–water partition coefficient (Wildman–Crippen LogP) is 3.22. The number of amides is 2. The van der Waals surface area contributed by atoms with Crippen LogP contribution in [0.5, 0.6) is 0 Å². The van der Waals surface area contributed by atoms with Gasteiger partial charge in [-0.1, -0.05) is 13.0 Å². The molecule has 7 heteroatoms. The highest BCUT2D eigenvalue weighted by atomic mass is 19.1. The molecule has 24 heavy (non-hydrogen) atoms. The normalized spacial score (nSPS) is 14.7. The van der Waals surface area contributed by atoms with Gasteiger partial charge in [0.15, 0.2) is 0 Å². The highest BCUT2D eigenvalue weighted by Crippen LogP contribution is 2.22. The Kier molecular flexibility index (Phi) is 5.56. The van der Waals surface area contributed by atoms with Gasteiger partial charge in [0.1, 0.15) is 23.0 Å². The zero-order valence-electron chi connectivity index (χ0n) is 13.5. The lowest BCUT2D eigenvalue weighted by atomic mass is 10.0. The fraction of sp³-hybridized carbons (Fsp3) is 0.353. The van der Waals surface area contributed by atoms with Crippen LogP contribution in [-0.4, -0.2) is 17.7 Å². The maximum absolute atomic E-state index is 13.8. The van der Waals surface area contributed by atoms with Crippen molar-refractivity contribution in [3.63, 3.8) is 0 Å². The van der Waals surface area contributed by atoms with Crippen LogP contribution in [0.25, 0.3) is 0 Å². The molecule has 2 amide bonds. The van der Waals surface area contributed by atoms with Gasteiger partial charge in [0.25, 0.3) is 0 Å². The molecule has 2 rings (SSSR count). The SMILES string of the molecule is CCC(NC(=O)NCC(C)(O)c1ccco1)c1ccc(F)cc1F. The van der Waals surface area contributed by atoms with Gasteiger partial charge in [0, 0.05) is 11.6 Å². The van der Waals surface area contributed by atoms with Crippen molar-refractivity contribution >= 4 is 6.03 Å². The molecule has 130 valence electrons. The molecular formula is C17H20F2N2O3. The average Bonchev–Trinajstić information content (AvgIpc) is 3.06. The van der Waals surface area contributed by atoms with Crippen molar-refractivity contribution in [3.8, 4) is 0 Å². The molecule has 1 aromatic carbocycles. The molecule has 0 fully saturated rings. The van der Waals surface area contributed by atoms with Gasteiger partial charge in [-0.2, -0.15) is 0 Å². The van der Waals surface area contributed by atoms with Crippen LogP contribution in [0.1, 0.15) is 37.6 Å². The first-order valence-electron chi connectivity index (χ1n) is 7.59. The summed E-state index contributed by atoms with van der Waals surface area (Å²) in [6.07, 6.45) is 1.85. The highest BCUT2D eigenvalue weighted by Gasteiger charge is 2.27. The Morgan fingerprint density at radius 2 is 2.12 bits per heavy atom. The van der Waals surface area contributed by atoms with E-state index in [9.17, 15) is 18.7 Å². The molecule has 2 unspecified atom stereocenters. The van der Waals surface area contributed by atoms with Gasteiger partial charge in [-0.15, -0.1) is 0 Å². The third kappa shape index (κ3) is 4.32. The number of benzene rings is 1. The largest absolute Gasteiger partial charge is 0.466 e. The molecule has 2 aromatic rings. The summed E-state index contributed by atoms with van der Waals surface area (Å²) in [5, 5.41) is 15.4. The van der Waals surface area contributed by atoms with E-state index in [1.165, 1.54) is 19.3 Å². The van der Waals surface area contributed by atoms with Crippen molar-refractivity contribution in [3.05, 3.63) is 59.6 Å². The molecule has 0 aliphatic heterocycles. The zero-order chi connectivity index (χ0) is 17.7. The Balaban J connectivity index is 1.97. The molecule has 5 nitrogen and oxygen atoms in total. The maximum atomic E-state index is 13.8. The van der Waals surface area contributed by atoms with Gasteiger partial charge in [-0.3, -0.25) is 0 Å². The zero-order valence-corrected chi connectivity index (χ0v) is 13.5. The van der Waals surface area contributed by atoms with Gasteiger partial charge in [0.05, 0.1) is 18.8 Å². The Hall–Kier alpha value is -2.41. The number of rotatable bonds is 6. The number of carbonyl (C=O) groups is 1. The van der Waals surface area contributed by atoms with Crippen LogP contribution in [0.4, 0.5) is 13.6 Å². The molecule has 0 spiro atoms. The van der Waals surface area contributed by atoms with Gasteiger partial charge < -0.3 is 20.2 Å². The van der Waals surface area contributed by atoms with Gasteiger partial charge >= 0.3 is 6.03 Å². The van der Waals surface area contributed by atoms with Crippen molar-refractivity contribution in [1.82, 2.24) is 10.6 Å². The highest BCUT2D eigenvalue weighted by molar-refractivity contribution is 5.74. The second-order valence-corrected chi connectivity index (χ2v) is 5.70. The molecule has 0 saturated carbocycles. The number of urea groups is 1. The van der Waals surface area contributed by atoms with E-state index in [-0.39, 0.29) is 12.1 Å². The minimum absolute atomic E-state index is 0.0886. The van der Waals surface area contributed by atoms with E-state index in [1.54, 1.807) is 19.1 Å². The Morgan fingerprint density at radius 3 is 2.71 bits per heavy atom. The van der Waals surface area contributed by atoms with E-state index >= 15 is 0 Å². The fourth-order valence-corrected chi connectivity index (χ4v) is 2.32. The summed E-state index contributed by atoms with van der Waals surface area (Å²) in [7, 11) is 0. The first-order chi connectivity index (χ1) is 11.3. The van der Waals surface area contributed by atoms with E-state index in [4.69, 9.17) is 4.42 Å². The van der Waals surface area contributed by atoms with Gasteiger partial charge in [-0.25, -0.2) is 13.6 Å². The van der Waals surface area contributed by atoms with Crippen LogP contribution in [-0.2, 0) is 5.60 Å². The topological polar surface area (TPSA) is 74.5 Å². The lowest BCUT2D eigenvalue weighted by molar-refractivity contribution is 0.0366. The van der Waals surface area contributed by atoms with Crippen LogP contribution in [0.2, 0.25) is 0 Å². The monoisotopic (exact) mass is 338 g/mol. The lowest BCUT2D eigenvalue weighted by Crippen LogP contribution is -2.44. The number of aliphatic hydroxyl groups is 1. The number of hydrogen-bond acceptors (Lipinski definition) is 3. The number of hydrogen-bond donors (Lipinski definition) is 3. The van der Waals surface area contributed by atoms with E-state index in [2.05, 4.69) is 10.6 Å². The van der Waals surface area contributed by atoms with Crippen LogP contribution in [0, 0.1) is 11.6 Å². The quantitative estimate of drug-likeness (QED) is 0.757. The standard InChI is InChI=1S/C17H20F2N2O3/c1-3-14(12-7-6-11(18)9-13(12)19)21-16(22)20-10-17(2,23)15-5-4-8-24-15/h4-9,14,23H,3,10H2,1-2H3,(H2,20,21,22). The Bertz CT molecular complexity index is 687. The van der Waals surface area contributed by atoms with Crippen molar-refractivity contribution in [2.24, 2.45) is 0 Å². The number of furan rings is 1. The molecule has 0 bridgehead atoms. The van der Waals surface area contributed by atoms with Crippen molar-refractivity contribution < 1.29 is 23.1 Å². The second kappa shape index (κ2) is 7.44. The van der Waals surface area contributed by atoms with Crippen LogP contribution >= 0.6 is 0 Å². The van der Waals surface area contributed by atoms with Gasteiger partial charge in [-0.05, 0) is 31.5 Å². The maximum Gasteiger partial charge on any atom is 0.315 e. The summed E-state index contributed by atoms with van der Waals surface area (Å²) in [6.45, 7) is 3.19. The van der Waals surface area contributed by atoms with Crippen molar-refractivity contribution in [2.75, 3.05) is 6.54 Å². The minimum atomic E-state index is -1.37. The summed E-state index contributed by atoms with van der Waals surface area (Å²) in [6, 6.07) is 5.27. The smallest absolute Gasteiger partial charge is 0.315 e. The molecule has 1 heterocycles. The molecular weight excluding hydrogens is 318 g/mol. The van der Waals surface area contributed by atoms with Crippen molar-refractivity contribution in [2.45, 2.75) is 31.9 Å². The molecule has 0 radical (unpaired) electrons. The van der Waals surface area contributed by atoms with Crippen LogP contribution < -0.4 is 10.6 Å². The summed E-state index contributed by atoms with van der Waals surface area (Å²) in [5.41, 5.74) is -1.17. The van der Waals surface area contributed by atoms with E-state index in [1.807, 2.05) is 0 Å². The first kappa shape index (κ1) is 17.9. The van der Waals surface area contributed by atoms with Gasteiger partial charge in [0.2, 0.25) is 0 Å². The first-order valence-corrected chi connectivity index (χ1v) is 7.59. The molecule has 1 aromatic heterocycles. The summed E-state index contributed by atoms with van der Waals surface area (Å²) in [5.74, 6) is -1.07. The van der Waals surface area contributed by atoms with Crippen LogP contribution in [0.15, 0.2) is 41.0 Å². The predicted molar refractivity (Wildman–Crippen MR) is 84.2 cm³/mol. The number of carbonyl (C=O) groups excluding carboxylic acids is 1. The Labute approximate surface area is 138 Å². The molecule has 0 aliphatic carbocycles. The fourth-order valence-electron chi connectivity index (χ4n) is 2.32. The number of halogens is 2. The molecule has 0 saturated heterocycles. The van der Waals surface area contributed by atoms with Crippen LogP contribution in [0.3, 0.4) is 0 Å². The average molecular weight is 338 g/mol. The summed E-state index contributed by atoms with van der Waals surface area (Å²) < 4.78 is 31.9. The molecule has 3 N–H and O–H groups in total. The van der Waals surface area contributed by atoms with E-state index < -0.39 is 29.3 Å². The third-order valence-electron chi connectivity index (χ3n) is 3.70. The minimum Gasteiger partial charge on any atom is -0.466 e. The number of nitrogens with one attached hydrogen (secondary N) is 2. The molecule has 0 aliphatic rings. The van der Waals surface area contributed by atoms with Crippen molar-refractivity contribution in [1.29, 1.82) is 0 Å². The Morgan fingerprint density at radius 1 is 1.38 bits per heavy atom. The lowest BCUT2D eigenvalue weighted by Gasteiger charge is -2.23. The third-order valence-corrected chi connectivity index (χ3v) is 3.70. The van der Waals surface area contributed by atoms with E-state index in [0.29, 0.717) is 12.2 Å². The van der Waals surface area contributed by atoms with E-state index in [0.717, 1.165) is 12.1 Å². The summed E-state index contributed by atoms with van der Waals surface area (Å²) in [4.78, 5) is 12.0.